The standard InChI is InChI=1S/C20H21F3N6O3.C16H15N5O3.C4H8F3NO/c1-32-11-15(20(21,22)23)26-18(30)13-5-6-14-17(25-13)29(12-7-9-28(14)10-12)19(31)27-16-4-2-3-8-24-16;22-15(23)11-4-5-12-14(18-11)21(10-6-8-20(12)9-10)16(24)19-13-3-1-2-7-17-13;1-9-2-3(8)4(5,6)7/h2-6,8,12,15H,7,9-11H2,1H3,(H,26,30)(H,24,27,31);1-5,7,10H,6,8-9H2,(H,22,23)(H,17,19,24);3H,2,8H2,1H3/t12-,15?;10-;/m00./s1. The molecule has 2 saturated heterocycles. The molecule has 0 saturated carbocycles. The van der Waals surface area contributed by atoms with Gasteiger partial charge in [0.05, 0.1) is 36.7 Å². The molecule has 4 aromatic rings. The average Bonchev–Trinajstić information content (AvgIpc) is 3.89. The van der Waals surface area contributed by atoms with Crippen LogP contribution in [0.5, 0.6) is 0 Å². The summed E-state index contributed by atoms with van der Waals surface area (Å²) in [5.74, 6) is -0.729. The van der Waals surface area contributed by atoms with Crippen LogP contribution in [0.3, 0.4) is 0 Å². The van der Waals surface area contributed by atoms with Gasteiger partial charge in [-0.15, -0.1) is 0 Å². The van der Waals surface area contributed by atoms with Crippen molar-refractivity contribution < 1.29 is 60.1 Å². The number of carbonyl (C=O) groups excluding carboxylic acids is 3. The summed E-state index contributed by atoms with van der Waals surface area (Å²) in [4.78, 5) is 73.4. The maximum atomic E-state index is 13.2. The van der Waals surface area contributed by atoms with Crippen molar-refractivity contribution in [3.05, 3.63) is 84.4 Å². The average molecular weight is 919 g/mol. The molecule has 4 bridgehead atoms. The summed E-state index contributed by atoms with van der Waals surface area (Å²) in [5.41, 5.74) is 5.72. The number of ether oxygens (including phenoxy) is 2. The van der Waals surface area contributed by atoms with E-state index in [1.807, 2.05) is 10.2 Å². The van der Waals surface area contributed by atoms with Crippen LogP contribution in [0.2, 0.25) is 0 Å². The van der Waals surface area contributed by atoms with Gasteiger partial charge in [-0.05, 0) is 61.4 Å². The Hall–Kier alpha value is -6.86. The maximum absolute atomic E-state index is 13.2. The minimum atomic E-state index is -4.68. The number of fused-ring (bicyclic) bond motifs is 8. The maximum Gasteiger partial charge on any atom is 0.410 e. The van der Waals surface area contributed by atoms with Gasteiger partial charge in [0.1, 0.15) is 29.4 Å². The molecule has 4 aliphatic rings. The topological polar surface area (TPSA) is 234 Å². The van der Waals surface area contributed by atoms with Crippen LogP contribution in [0.4, 0.5) is 70.6 Å². The number of aromatic carboxylic acids is 1. The lowest BCUT2D eigenvalue weighted by molar-refractivity contribution is -0.163. The SMILES string of the molecule is COCC(N)C(F)(F)F.COCC(NC(=O)c1ccc2c(n1)N(C(=O)Nc1ccccn1)[C@H]1CCN2C1)C(F)(F)F.O=C(O)c1ccc2c(n1)N(C(=O)Nc1ccccn1)[C@H]1CCN2C1. The van der Waals surface area contributed by atoms with E-state index in [1.54, 1.807) is 59.6 Å². The smallest absolute Gasteiger partial charge is 0.410 e. The Labute approximate surface area is 366 Å². The van der Waals surface area contributed by atoms with Crippen molar-refractivity contribution in [3.63, 3.8) is 0 Å². The summed E-state index contributed by atoms with van der Waals surface area (Å²) in [6.07, 6.45) is -4.38. The van der Waals surface area contributed by atoms with Gasteiger partial charge in [0.15, 0.2) is 17.3 Å². The van der Waals surface area contributed by atoms with E-state index in [-0.39, 0.29) is 35.3 Å². The number of carboxylic acid groups (broad SMARTS) is 1. The molecule has 0 radical (unpaired) electrons. The number of nitrogens with zero attached hydrogens (tertiary/aromatic N) is 8. The molecule has 25 heteroatoms. The number of hydrogen-bond donors (Lipinski definition) is 5. The van der Waals surface area contributed by atoms with Crippen LogP contribution in [0.15, 0.2) is 73.1 Å². The zero-order valence-corrected chi connectivity index (χ0v) is 34.7. The summed E-state index contributed by atoms with van der Waals surface area (Å²) < 4.78 is 82.5. The van der Waals surface area contributed by atoms with Gasteiger partial charge in [-0.2, -0.15) is 26.3 Å². The van der Waals surface area contributed by atoms with E-state index in [0.717, 1.165) is 32.3 Å². The van der Waals surface area contributed by atoms with Gasteiger partial charge in [-0.1, -0.05) is 12.1 Å². The van der Waals surface area contributed by atoms with E-state index in [1.165, 1.54) is 30.3 Å². The molecular formula is C40H44F6N12O7. The molecule has 2 unspecified atom stereocenters. The number of urea groups is 2. The van der Waals surface area contributed by atoms with E-state index in [4.69, 9.17) is 0 Å². The number of nitrogens with one attached hydrogen (secondary N) is 3. The molecule has 19 nitrogen and oxygen atoms in total. The van der Waals surface area contributed by atoms with Gasteiger partial charge < -0.3 is 35.4 Å². The monoisotopic (exact) mass is 918 g/mol. The summed E-state index contributed by atoms with van der Waals surface area (Å²) in [6, 6.07) is 11.4. The molecule has 4 atom stereocenters. The van der Waals surface area contributed by atoms with Crippen molar-refractivity contribution in [2.24, 2.45) is 5.73 Å². The van der Waals surface area contributed by atoms with E-state index in [9.17, 15) is 50.6 Å². The van der Waals surface area contributed by atoms with E-state index in [2.05, 4.69) is 50.7 Å². The number of nitrogens with two attached hydrogens (primary N) is 1. The van der Waals surface area contributed by atoms with Crippen molar-refractivity contribution in [2.75, 3.05) is 83.8 Å². The second kappa shape index (κ2) is 20.3. The molecule has 6 N–H and O–H groups in total. The third kappa shape index (κ3) is 11.5. The van der Waals surface area contributed by atoms with Crippen molar-refractivity contribution >= 4 is 58.6 Å². The van der Waals surface area contributed by atoms with Crippen molar-refractivity contribution in [3.8, 4) is 0 Å². The third-order valence-electron chi connectivity index (χ3n) is 10.4. The normalized spacial score (nSPS) is 17.9. The van der Waals surface area contributed by atoms with E-state index >= 15 is 0 Å². The third-order valence-corrected chi connectivity index (χ3v) is 10.4. The number of rotatable bonds is 9. The van der Waals surface area contributed by atoms with Crippen LogP contribution in [-0.2, 0) is 9.47 Å². The highest BCUT2D eigenvalue weighted by Gasteiger charge is 2.44. The largest absolute Gasteiger partial charge is 0.477 e. The van der Waals surface area contributed by atoms with Crippen LogP contribution >= 0.6 is 0 Å². The van der Waals surface area contributed by atoms with Gasteiger partial charge in [0.2, 0.25) is 0 Å². The zero-order valence-electron chi connectivity index (χ0n) is 34.7. The molecule has 348 valence electrons. The Balaban J connectivity index is 0.000000186. The second-order valence-corrected chi connectivity index (χ2v) is 14.8. The van der Waals surface area contributed by atoms with Gasteiger partial charge in [-0.25, -0.2) is 34.3 Å². The first-order chi connectivity index (χ1) is 30.9. The van der Waals surface area contributed by atoms with Gasteiger partial charge >= 0.3 is 30.4 Å². The molecule has 8 rings (SSSR count). The number of hydrogen-bond acceptors (Lipinski definition) is 13. The fourth-order valence-electron chi connectivity index (χ4n) is 7.29. The fourth-order valence-corrected chi connectivity index (χ4v) is 7.29. The predicted molar refractivity (Wildman–Crippen MR) is 223 cm³/mol. The molecule has 65 heavy (non-hydrogen) atoms. The summed E-state index contributed by atoms with van der Waals surface area (Å²) >= 11 is 0. The highest BCUT2D eigenvalue weighted by molar-refractivity contribution is 6.06. The first-order valence-corrected chi connectivity index (χ1v) is 19.8. The lowest BCUT2D eigenvalue weighted by Crippen LogP contribution is -2.49. The Morgan fingerprint density at radius 2 is 1.20 bits per heavy atom. The number of methoxy groups -OCH3 is 2. The second-order valence-electron chi connectivity index (χ2n) is 14.8. The lowest BCUT2D eigenvalue weighted by atomic mass is 10.1. The number of halogens is 6. The quantitative estimate of drug-likeness (QED) is 0.143. The Morgan fingerprint density at radius 1 is 0.723 bits per heavy atom. The Morgan fingerprint density at radius 3 is 1.60 bits per heavy atom. The highest BCUT2D eigenvalue weighted by atomic mass is 19.4. The number of carboxylic acids is 1. The molecule has 0 spiro atoms. The molecule has 4 aromatic heterocycles. The molecule has 0 aromatic carbocycles. The summed E-state index contributed by atoms with van der Waals surface area (Å²) in [7, 11) is 2.29. The molecule has 4 aliphatic heterocycles. The molecule has 2 fully saturated rings. The predicted octanol–water partition coefficient (Wildman–Crippen LogP) is 4.74. The highest BCUT2D eigenvalue weighted by Crippen LogP contribution is 2.40. The number of alkyl halides is 6. The number of amides is 5. The molecule has 5 amide bonds. The van der Waals surface area contributed by atoms with Gasteiger partial charge in [0, 0.05) is 52.8 Å². The van der Waals surface area contributed by atoms with Gasteiger partial charge in [-0.3, -0.25) is 25.2 Å². The number of pyridine rings is 4. The molecular weight excluding hydrogens is 875 g/mol. The van der Waals surface area contributed by atoms with E-state index < -0.39 is 55.6 Å². The first kappa shape index (κ1) is 47.6. The fraction of sp³-hybridized carbons (Fsp3) is 0.400. The molecule has 8 heterocycles. The van der Waals surface area contributed by atoms with Crippen LogP contribution in [0.1, 0.15) is 33.8 Å². The minimum absolute atomic E-state index is 0.0299. The summed E-state index contributed by atoms with van der Waals surface area (Å²) in [5, 5.41) is 16.6. The number of anilines is 6. The van der Waals surface area contributed by atoms with Gasteiger partial charge in [0.25, 0.3) is 5.91 Å². The Kier molecular flexibility index (Phi) is 14.9. The first-order valence-electron chi connectivity index (χ1n) is 19.8. The lowest BCUT2D eigenvalue weighted by Gasteiger charge is -2.35. The van der Waals surface area contributed by atoms with Crippen LogP contribution < -0.4 is 41.3 Å². The van der Waals surface area contributed by atoms with Crippen molar-refractivity contribution in [1.29, 1.82) is 0 Å². The number of aromatic nitrogens is 4. The van der Waals surface area contributed by atoms with Crippen molar-refractivity contribution in [1.82, 2.24) is 25.3 Å². The van der Waals surface area contributed by atoms with E-state index in [0.29, 0.717) is 42.7 Å². The van der Waals surface area contributed by atoms with Crippen LogP contribution in [0.25, 0.3) is 0 Å². The zero-order chi connectivity index (χ0) is 47.1. The van der Waals surface area contributed by atoms with Crippen LogP contribution in [-0.4, -0.2) is 139 Å². The summed E-state index contributed by atoms with van der Waals surface area (Å²) in [6.45, 7) is 1.62. The van der Waals surface area contributed by atoms with Crippen LogP contribution in [0, 0.1) is 0 Å². The number of carbonyl (C=O) groups is 4. The Bertz CT molecular complexity index is 2320. The molecule has 0 aliphatic carbocycles. The minimum Gasteiger partial charge on any atom is -0.477 e. The van der Waals surface area contributed by atoms with Crippen molar-refractivity contribution in [2.45, 2.75) is 49.4 Å².